The van der Waals surface area contributed by atoms with E-state index < -0.39 is 5.97 Å². The second-order valence-corrected chi connectivity index (χ2v) is 6.75. The number of thiazole rings is 1. The number of aromatic carboxylic acids is 1. The third-order valence-corrected chi connectivity index (χ3v) is 4.94. The third kappa shape index (κ3) is 2.87. The van der Waals surface area contributed by atoms with Crippen molar-refractivity contribution in [3.05, 3.63) is 58.4 Å². The number of imidazole rings is 1. The number of hydrogen-bond acceptors (Lipinski definition) is 4. The molecule has 4 rings (SSSR count). The monoisotopic (exact) mass is 327 g/mol. The van der Waals surface area contributed by atoms with E-state index in [-0.39, 0.29) is 0 Å². The molecule has 1 saturated carbocycles. The van der Waals surface area contributed by atoms with Gasteiger partial charge < -0.3 is 10.4 Å². The summed E-state index contributed by atoms with van der Waals surface area (Å²) in [5.41, 5.74) is 3.89. The first kappa shape index (κ1) is 14.4. The van der Waals surface area contributed by atoms with Crippen molar-refractivity contribution in [1.82, 2.24) is 14.7 Å². The first-order valence-electron chi connectivity index (χ1n) is 7.69. The second-order valence-electron chi connectivity index (χ2n) is 5.88. The van der Waals surface area contributed by atoms with Gasteiger partial charge in [-0.15, -0.1) is 11.3 Å². The van der Waals surface area contributed by atoms with Crippen LogP contribution in [0.4, 0.5) is 0 Å². The molecule has 0 unspecified atom stereocenters. The van der Waals surface area contributed by atoms with E-state index in [1.807, 2.05) is 12.1 Å². The Bertz CT molecular complexity index is 846. The third-order valence-electron chi connectivity index (χ3n) is 4.18. The summed E-state index contributed by atoms with van der Waals surface area (Å²) in [6.45, 7) is 1.48. The van der Waals surface area contributed by atoms with Crippen molar-refractivity contribution in [2.24, 2.45) is 0 Å². The zero-order chi connectivity index (χ0) is 15.8. The highest BCUT2D eigenvalue weighted by atomic mass is 32.1. The molecule has 0 spiro atoms. The molecule has 2 aromatic heterocycles. The molecular formula is C17H17N3O2S. The Kier molecular flexibility index (Phi) is 3.63. The molecular weight excluding hydrogens is 310 g/mol. The number of carbonyl (C=O) groups is 1. The Morgan fingerprint density at radius 1 is 1.30 bits per heavy atom. The molecule has 3 aromatic rings. The standard InChI is InChI=1S/C17H17N3O2S/c21-16(22)13-3-1-11(2-4-13)9-18-10-14-15(12-5-6-12)19-17-20(14)7-8-23-17/h1-4,7-8,12,18H,5-6,9-10H2,(H,21,22). The number of nitrogens with one attached hydrogen (secondary N) is 1. The van der Waals surface area contributed by atoms with Gasteiger partial charge in [0.2, 0.25) is 0 Å². The van der Waals surface area contributed by atoms with E-state index in [4.69, 9.17) is 10.1 Å². The lowest BCUT2D eigenvalue weighted by Crippen LogP contribution is -2.15. The fraction of sp³-hybridized carbons (Fsp3) is 0.294. The van der Waals surface area contributed by atoms with Gasteiger partial charge in [0.1, 0.15) is 0 Å². The van der Waals surface area contributed by atoms with E-state index in [2.05, 4.69) is 21.3 Å². The Morgan fingerprint density at radius 3 is 2.78 bits per heavy atom. The number of carboxylic acids is 1. The molecule has 0 saturated heterocycles. The quantitative estimate of drug-likeness (QED) is 0.729. The molecule has 5 nitrogen and oxygen atoms in total. The van der Waals surface area contributed by atoms with Gasteiger partial charge >= 0.3 is 5.97 Å². The number of nitrogens with zero attached hydrogens (tertiary/aromatic N) is 2. The molecule has 0 radical (unpaired) electrons. The number of fused-ring (bicyclic) bond motifs is 1. The minimum Gasteiger partial charge on any atom is -0.478 e. The van der Waals surface area contributed by atoms with Crippen molar-refractivity contribution in [2.45, 2.75) is 31.8 Å². The summed E-state index contributed by atoms with van der Waals surface area (Å²) in [5.74, 6) is -0.258. The van der Waals surface area contributed by atoms with Gasteiger partial charge in [0, 0.05) is 30.6 Å². The number of hydrogen-bond donors (Lipinski definition) is 2. The normalized spacial score (nSPS) is 14.4. The fourth-order valence-electron chi connectivity index (χ4n) is 2.80. The highest BCUT2D eigenvalue weighted by molar-refractivity contribution is 7.15. The van der Waals surface area contributed by atoms with Crippen molar-refractivity contribution in [1.29, 1.82) is 0 Å². The van der Waals surface area contributed by atoms with E-state index in [1.165, 1.54) is 24.2 Å². The smallest absolute Gasteiger partial charge is 0.335 e. The Morgan fingerprint density at radius 2 is 2.09 bits per heavy atom. The summed E-state index contributed by atoms with van der Waals surface area (Å²) in [6.07, 6.45) is 4.57. The number of rotatable bonds is 6. The van der Waals surface area contributed by atoms with Crippen LogP contribution in [0.1, 0.15) is 46.1 Å². The van der Waals surface area contributed by atoms with Gasteiger partial charge in [-0.1, -0.05) is 12.1 Å². The van der Waals surface area contributed by atoms with Gasteiger partial charge in [0.15, 0.2) is 4.96 Å². The van der Waals surface area contributed by atoms with Crippen LogP contribution in [0, 0.1) is 0 Å². The lowest BCUT2D eigenvalue weighted by molar-refractivity contribution is 0.0697. The molecule has 6 heteroatoms. The summed E-state index contributed by atoms with van der Waals surface area (Å²) in [6, 6.07) is 7.00. The Labute approximate surface area is 137 Å². The molecule has 2 heterocycles. The average molecular weight is 327 g/mol. The van der Waals surface area contributed by atoms with Crippen molar-refractivity contribution in [2.75, 3.05) is 0 Å². The molecule has 1 aliphatic carbocycles. The zero-order valence-electron chi connectivity index (χ0n) is 12.5. The van der Waals surface area contributed by atoms with Crippen molar-refractivity contribution in [3.63, 3.8) is 0 Å². The van der Waals surface area contributed by atoms with E-state index in [0.717, 1.165) is 17.1 Å². The minimum atomic E-state index is -0.891. The van der Waals surface area contributed by atoms with Crippen LogP contribution < -0.4 is 5.32 Å². The molecule has 1 aliphatic rings. The van der Waals surface area contributed by atoms with Gasteiger partial charge in [-0.2, -0.15) is 0 Å². The van der Waals surface area contributed by atoms with E-state index in [0.29, 0.717) is 18.0 Å². The predicted molar refractivity (Wildman–Crippen MR) is 89.0 cm³/mol. The van der Waals surface area contributed by atoms with Crippen molar-refractivity contribution in [3.8, 4) is 0 Å². The van der Waals surface area contributed by atoms with Crippen LogP contribution in [0.3, 0.4) is 0 Å². The number of aromatic nitrogens is 2. The molecule has 0 atom stereocenters. The second kappa shape index (κ2) is 5.79. The molecule has 0 aliphatic heterocycles. The molecule has 118 valence electrons. The topological polar surface area (TPSA) is 66.6 Å². The van der Waals surface area contributed by atoms with Crippen LogP contribution >= 0.6 is 11.3 Å². The maximum atomic E-state index is 10.9. The van der Waals surface area contributed by atoms with Gasteiger partial charge in [-0.05, 0) is 30.5 Å². The fourth-order valence-corrected chi connectivity index (χ4v) is 3.54. The zero-order valence-corrected chi connectivity index (χ0v) is 13.3. The Hall–Kier alpha value is -2.18. The predicted octanol–water partition coefficient (Wildman–Crippen LogP) is 3.26. The van der Waals surface area contributed by atoms with Gasteiger partial charge in [-0.3, -0.25) is 4.40 Å². The summed E-state index contributed by atoms with van der Waals surface area (Å²) in [7, 11) is 0. The van der Waals surface area contributed by atoms with Crippen LogP contribution in [0.5, 0.6) is 0 Å². The lowest BCUT2D eigenvalue weighted by Gasteiger charge is -2.07. The van der Waals surface area contributed by atoms with Crippen LogP contribution in [-0.2, 0) is 13.1 Å². The van der Waals surface area contributed by atoms with Crippen molar-refractivity contribution >= 4 is 22.3 Å². The Balaban J connectivity index is 1.45. The number of benzene rings is 1. The van der Waals surface area contributed by atoms with Crippen LogP contribution in [0.2, 0.25) is 0 Å². The first-order chi connectivity index (χ1) is 11.2. The number of carboxylic acid groups (broad SMARTS) is 1. The molecule has 1 aromatic carbocycles. The highest BCUT2D eigenvalue weighted by Gasteiger charge is 2.30. The highest BCUT2D eigenvalue weighted by Crippen LogP contribution is 2.41. The summed E-state index contributed by atoms with van der Waals surface area (Å²) >= 11 is 1.67. The van der Waals surface area contributed by atoms with Crippen LogP contribution in [-0.4, -0.2) is 20.5 Å². The maximum Gasteiger partial charge on any atom is 0.335 e. The molecule has 0 bridgehead atoms. The van der Waals surface area contributed by atoms with Gasteiger partial charge in [-0.25, -0.2) is 9.78 Å². The molecule has 0 amide bonds. The van der Waals surface area contributed by atoms with E-state index in [9.17, 15) is 4.79 Å². The molecule has 2 N–H and O–H groups in total. The van der Waals surface area contributed by atoms with Gasteiger partial charge in [0.05, 0.1) is 17.0 Å². The first-order valence-corrected chi connectivity index (χ1v) is 8.57. The summed E-state index contributed by atoms with van der Waals surface area (Å²) < 4.78 is 2.18. The molecule has 23 heavy (non-hydrogen) atoms. The largest absolute Gasteiger partial charge is 0.478 e. The van der Waals surface area contributed by atoms with Crippen LogP contribution in [0.15, 0.2) is 35.8 Å². The van der Waals surface area contributed by atoms with E-state index >= 15 is 0 Å². The van der Waals surface area contributed by atoms with E-state index in [1.54, 1.807) is 23.5 Å². The molecule has 1 fully saturated rings. The van der Waals surface area contributed by atoms with Gasteiger partial charge in [0.25, 0.3) is 0 Å². The van der Waals surface area contributed by atoms with Crippen LogP contribution in [0.25, 0.3) is 4.96 Å². The minimum absolute atomic E-state index is 0.320. The maximum absolute atomic E-state index is 10.9. The SMILES string of the molecule is O=C(O)c1ccc(CNCc2c(C3CC3)nc3sccn23)cc1. The van der Waals surface area contributed by atoms with Crippen molar-refractivity contribution < 1.29 is 9.90 Å². The summed E-state index contributed by atoms with van der Waals surface area (Å²) in [5, 5.41) is 14.4. The lowest BCUT2D eigenvalue weighted by atomic mass is 10.1. The average Bonchev–Trinajstić information content (AvgIpc) is 3.19. The summed E-state index contributed by atoms with van der Waals surface area (Å²) in [4.78, 5) is 16.7.